The molecule has 49 heavy (non-hydrogen) atoms. The molecule has 0 aliphatic rings. The van der Waals surface area contributed by atoms with Gasteiger partial charge in [-0.3, -0.25) is 0 Å². The van der Waals surface area contributed by atoms with E-state index < -0.39 is 0 Å². The molecule has 11 aromatic rings. The van der Waals surface area contributed by atoms with Gasteiger partial charge in [0.1, 0.15) is 0 Å². The van der Waals surface area contributed by atoms with Gasteiger partial charge in [-0.25, -0.2) is 0 Å². The fourth-order valence-corrected chi connectivity index (χ4v) is 11.5. The lowest BCUT2D eigenvalue weighted by molar-refractivity contribution is 1.38. The van der Waals surface area contributed by atoms with Crippen LogP contribution in [0.25, 0.3) is 89.8 Å². The van der Waals surface area contributed by atoms with Crippen LogP contribution in [0.4, 0.5) is 0 Å². The second kappa shape index (κ2) is 10.9. The number of thiophene rings is 2. The standard InChI is InChI=1S/C21H13BrClNS.C21H12ClNS/c1-11-6-8-15(20-18(11)13-4-2-3-5-16(13)24-20)21-19(22)14-9-7-12(23)10-17(14)25-21;1-11-6-8-15-19-18(11)13-4-2-3-5-16(13)23(19)20-14-9-7-12(22)10-17(14)24-21(15)20/h2-10,24H,1H3;2-10H,1H3. The molecule has 236 valence electrons. The molecule has 1 N–H and O–H groups in total. The van der Waals surface area contributed by atoms with Crippen molar-refractivity contribution in [2.24, 2.45) is 0 Å². The number of aromatic nitrogens is 2. The Morgan fingerprint density at radius 3 is 2.08 bits per heavy atom. The molecule has 0 saturated carbocycles. The van der Waals surface area contributed by atoms with Crippen molar-refractivity contribution >= 4 is 141 Å². The Morgan fingerprint density at radius 1 is 0.612 bits per heavy atom. The second-order valence-electron chi connectivity index (χ2n) is 12.7. The summed E-state index contributed by atoms with van der Waals surface area (Å²) in [4.78, 5) is 4.86. The number of nitrogens with one attached hydrogen (secondary N) is 1. The highest BCUT2D eigenvalue weighted by Gasteiger charge is 2.22. The van der Waals surface area contributed by atoms with Crippen LogP contribution in [0.2, 0.25) is 10.0 Å². The van der Waals surface area contributed by atoms with Crippen LogP contribution in [-0.2, 0) is 0 Å². The Bertz CT molecular complexity index is 3130. The number of para-hydroxylation sites is 2. The van der Waals surface area contributed by atoms with Crippen molar-refractivity contribution in [2.45, 2.75) is 13.8 Å². The quantitative estimate of drug-likeness (QED) is 0.172. The third-order valence-corrected chi connectivity index (χ3v) is 13.7. The number of aromatic amines is 1. The van der Waals surface area contributed by atoms with Gasteiger partial charge in [0, 0.05) is 72.7 Å². The number of hydrogen-bond acceptors (Lipinski definition) is 2. The average molecular weight is 773 g/mol. The molecule has 6 aromatic carbocycles. The lowest BCUT2D eigenvalue weighted by Gasteiger charge is -2.05. The van der Waals surface area contributed by atoms with Crippen LogP contribution in [0, 0.1) is 13.8 Å². The van der Waals surface area contributed by atoms with E-state index in [1.54, 1.807) is 11.3 Å². The van der Waals surface area contributed by atoms with Crippen molar-refractivity contribution < 1.29 is 0 Å². The molecule has 0 bridgehead atoms. The van der Waals surface area contributed by atoms with Crippen LogP contribution < -0.4 is 0 Å². The van der Waals surface area contributed by atoms with Crippen molar-refractivity contribution in [1.29, 1.82) is 0 Å². The van der Waals surface area contributed by atoms with Crippen molar-refractivity contribution in [3.05, 3.63) is 135 Å². The predicted molar refractivity (Wildman–Crippen MR) is 220 cm³/mol. The maximum Gasteiger partial charge on any atom is 0.0728 e. The third-order valence-electron chi connectivity index (χ3n) is 9.82. The number of fused-ring (bicyclic) bond motifs is 12. The van der Waals surface area contributed by atoms with Crippen LogP contribution in [0.3, 0.4) is 0 Å². The summed E-state index contributed by atoms with van der Waals surface area (Å²) >= 11 is 19.8. The normalized spacial score (nSPS) is 12.2. The van der Waals surface area contributed by atoms with Gasteiger partial charge in [0.25, 0.3) is 0 Å². The van der Waals surface area contributed by atoms with E-state index in [-0.39, 0.29) is 0 Å². The Hall–Kier alpha value is -4.10. The molecule has 5 heterocycles. The molecule has 0 fully saturated rings. The van der Waals surface area contributed by atoms with Crippen molar-refractivity contribution in [2.75, 3.05) is 0 Å². The molecule has 2 nitrogen and oxygen atoms in total. The van der Waals surface area contributed by atoms with Crippen LogP contribution in [-0.4, -0.2) is 9.38 Å². The Morgan fingerprint density at radius 2 is 1.27 bits per heavy atom. The number of halogens is 3. The van der Waals surface area contributed by atoms with E-state index in [0.717, 1.165) is 14.5 Å². The molecule has 0 atom stereocenters. The molecule has 0 aliphatic carbocycles. The summed E-state index contributed by atoms with van der Waals surface area (Å²) < 4.78 is 7.39. The highest BCUT2D eigenvalue weighted by molar-refractivity contribution is 9.10. The van der Waals surface area contributed by atoms with Gasteiger partial charge in [0.05, 0.1) is 31.6 Å². The fourth-order valence-electron chi connectivity index (χ4n) is 7.67. The predicted octanol–water partition coefficient (Wildman–Crippen LogP) is 14.9. The summed E-state index contributed by atoms with van der Waals surface area (Å²) in [5.41, 5.74) is 10.2. The summed E-state index contributed by atoms with van der Waals surface area (Å²) in [5.74, 6) is 0. The fraction of sp³-hybridized carbons (Fsp3) is 0.0476. The molecule has 7 heteroatoms. The first-order valence-corrected chi connectivity index (χ1v) is 19.2. The van der Waals surface area contributed by atoms with Crippen LogP contribution in [0.5, 0.6) is 0 Å². The molecular formula is C42H25BrCl2N2S2. The van der Waals surface area contributed by atoms with Crippen LogP contribution >= 0.6 is 61.8 Å². The van der Waals surface area contributed by atoms with E-state index in [1.807, 2.05) is 29.5 Å². The van der Waals surface area contributed by atoms with Crippen molar-refractivity contribution in [1.82, 2.24) is 9.38 Å². The molecule has 11 rings (SSSR count). The first-order valence-electron chi connectivity index (χ1n) is 16.0. The Labute approximate surface area is 307 Å². The van der Waals surface area contributed by atoms with Crippen LogP contribution in [0.15, 0.2) is 114 Å². The topological polar surface area (TPSA) is 20.2 Å². The van der Waals surface area contributed by atoms with Crippen LogP contribution in [0.1, 0.15) is 11.1 Å². The molecule has 0 radical (unpaired) electrons. The minimum absolute atomic E-state index is 0.771. The van der Waals surface area contributed by atoms with Gasteiger partial charge in [-0.05, 0) is 83.4 Å². The number of H-pyrrole nitrogens is 1. The van der Waals surface area contributed by atoms with Gasteiger partial charge in [-0.15, -0.1) is 22.7 Å². The highest BCUT2D eigenvalue weighted by Crippen LogP contribution is 2.48. The molecule has 0 spiro atoms. The Balaban J connectivity index is 0.000000125. The molecule has 0 saturated heterocycles. The summed E-state index contributed by atoms with van der Waals surface area (Å²) in [6, 6.07) is 38.5. The number of benzene rings is 6. The van der Waals surface area contributed by atoms with Gasteiger partial charge in [-0.2, -0.15) is 0 Å². The second-order valence-corrected chi connectivity index (χ2v) is 16.4. The summed E-state index contributed by atoms with van der Waals surface area (Å²) in [7, 11) is 0. The summed E-state index contributed by atoms with van der Waals surface area (Å²) in [6.45, 7) is 4.38. The molecule has 0 aliphatic heterocycles. The average Bonchev–Trinajstić information content (AvgIpc) is 3.89. The lowest BCUT2D eigenvalue weighted by atomic mass is 10.0. The lowest BCUT2D eigenvalue weighted by Crippen LogP contribution is -1.81. The SMILES string of the molecule is Cc1ccc(-c2sc3cc(Cl)ccc3c2Br)c2[nH]c3ccccc3c12.Cc1ccc2c3sc4cc(Cl)ccc4c3n3c4ccccc4c1c23. The van der Waals surface area contributed by atoms with E-state index in [2.05, 4.69) is 130 Å². The number of nitrogens with zero attached hydrogens (tertiary/aromatic N) is 1. The van der Waals surface area contributed by atoms with Gasteiger partial charge >= 0.3 is 0 Å². The molecule has 0 unspecified atom stereocenters. The summed E-state index contributed by atoms with van der Waals surface area (Å²) in [5, 5.41) is 10.7. The molecule has 0 amide bonds. The number of aryl methyl sites for hydroxylation is 2. The van der Waals surface area contributed by atoms with E-state index in [1.165, 1.54) is 101 Å². The molecular weight excluding hydrogens is 747 g/mol. The van der Waals surface area contributed by atoms with Gasteiger partial charge < -0.3 is 9.38 Å². The van der Waals surface area contributed by atoms with Gasteiger partial charge in [0.15, 0.2) is 0 Å². The Kier molecular flexibility index (Phi) is 6.66. The maximum absolute atomic E-state index is 6.22. The van der Waals surface area contributed by atoms with Gasteiger partial charge in [0.2, 0.25) is 0 Å². The zero-order chi connectivity index (χ0) is 33.1. The minimum atomic E-state index is 0.771. The van der Waals surface area contributed by atoms with Crippen molar-refractivity contribution in [3.8, 4) is 10.4 Å². The highest BCUT2D eigenvalue weighted by atomic mass is 79.9. The zero-order valence-electron chi connectivity index (χ0n) is 26.3. The van der Waals surface area contributed by atoms with E-state index >= 15 is 0 Å². The van der Waals surface area contributed by atoms with E-state index in [9.17, 15) is 0 Å². The monoisotopic (exact) mass is 770 g/mol. The first-order chi connectivity index (χ1) is 23.9. The number of rotatable bonds is 1. The maximum atomic E-state index is 6.22. The van der Waals surface area contributed by atoms with Crippen molar-refractivity contribution in [3.63, 3.8) is 0 Å². The molecule has 5 aromatic heterocycles. The zero-order valence-corrected chi connectivity index (χ0v) is 31.0. The first kappa shape index (κ1) is 29.8. The minimum Gasteiger partial charge on any atom is -0.354 e. The largest absolute Gasteiger partial charge is 0.354 e. The smallest absolute Gasteiger partial charge is 0.0728 e. The van der Waals surface area contributed by atoms with E-state index in [4.69, 9.17) is 23.2 Å². The van der Waals surface area contributed by atoms with Gasteiger partial charge in [-0.1, -0.05) is 89.9 Å². The summed E-state index contributed by atoms with van der Waals surface area (Å²) in [6.07, 6.45) is 0. The van der Waals surface area contributed by atoms with E-state index in [0.29, 0.717) is 0 Å². The third kappa shape index (κ3) is 4.30. The number of hydrogen-bond donors (Lipinski definition) is 1.